The molecule has 3 rings (SSSR count). The van der Waals surface area contributed by atoms with Crippen LogP contribution in [0.4, 0.5) is 0 Å². The first-order valence-corrected chi connectivity index (χ1v) is 7.09. The van der Waals surface area contributed by atoms with Gasteiger partial charge in [-0.25, -0.2) is 4.98 Å². The third-order valence-corrected chi connectivity index (χ3v) is 3.62. The Morgan fingerprint density at radius 3 is 2.67 bits per heavy atom. The number of rotatable bonds is 5. The number of benzene rings is 2. The van der Waals surface area contributed by atoms with Crippen molar-refractivity contribution >= 4 is 11.0 Å². The minimum absolute atomic E-state index is 0.593. The fourth-order valence-electron chi connectivity index (χ4n) is 2.63. The zero-order valence-electron chi connectivity index (χ0n) is 12.1. The molecule has 0 saturated heterocycles. The van der Waals surface area contributed by atoms with Crippen molar-refractivity contribution in [1.29, 1.82) is 0 Å². The monoisotopic (exact) mass is 281 g/mol. The number of para-hydroxylation sites is 3. The fraction of sp³-hybridized carbons (Fsp3) is 0.235. The number of fused-ring (bicyclic) bond motifs is 1. The number of nitrogens with two attached hydrogens (primary N) is 1. The van der Waals surface area contributed by atoms with Gasteiger partial charge in [0.2, 0.25) is 0 Å². The van der Waals surface area contributed by atoms with Gasteiger partial charge in [0.15, 0.2) is 0 Å². The second-order valence-corrected chi connectivity index (χ2v) is 4.95. The topological polar surface area (TPSA) is 53.1 Å². The fourth-order valence-corrected chi connectivity index (χ4v) is 2.63. The Hall–Kier alpha value is -2.33. The van der Waals surface area contributed by atoms with E-state index in [1.807, 2.05) is 36.4 Å². The van der Waals surface area contributed by atoms with Crippen LogP contribution in [-0.2, 0) is 13.0 Å². The molecule has 0 aliphatic rings. The molecule has 0 aliphatic carbocycles. The van der Waals surface area contributed by atoms with E-state index < -0.39 is 0 Å². The predicted octanol–water partition coefficient (Wildman–Crippen LogP) is 2.59. The van der Waals surface area contributed by atoms with Crippen molar-refractivity contribution in [2.75, 3.05) is 13.7 Å². The summed E-state index contributed by atoms with van der Waals surface area (Å²) in [5, 5.41) is 0. The van der Waals surface area contributed by atoms with Crippen molar-refractivity contribution in [1.82, 2.24) is 9.55 Å². The average Bonchev–Trinajstić information content (AvgIpc) is 2.86. The first-order valence-electron chi connectivity index (χ1n) is 7.09. The minimum atomic E-state index is 0.593. The van der Waals surface area contributed by atoms with Gasteiger partial charge in [-0.05, 0) is 24.7 Å². The summed E-state index contributed by atoms with van der Waals surface area (Å²) in [6.45, 7) is 1.33. The lowest BCUT2D eigenvalue weighted by Gasteiger charge is -2.12. The van der Waals surface area contributed by atoms with Crippen molar-refractivity contribution in [3.63, 3.8) is 0 Å². The summed E-state index contributed by atoms with van der Waals surface area (Å²) in [5.41, 5.74) is 9.00. The van der Waals surface area contributed by atoms with E-state index in [2.05, 4.69) is 16.7 Å². The number of imidazole rings is 1. The van der Waals surface area contributed by atoms with Gasteiger partial charge < -0.3 is 15.0 Å². The summed E-state index contributed by atoms with van der Waals surface area (Å²) in [7, 11) is 1.70. The second-order valence-electron chi connectivity index (χ2n) is 4.95. The highest BCUT2D eigenvalue weighted by molar-refractivity contribution is 5.76. The van der Waals surface area contributed by atoms with E-state index >= 15 is 0 Å². The van der Waals surface area contributed by atoms with E-state index in [-0.39, 0.29) is 0 Å². The second kappa shape index (κ2) is 5.97. The Labute approximate surface area is 124 Å². The number of methoxy groups -OCH3 is 1. The molecule has 0 amide bonds. The Balaban J connectivity index is 2.08. The van der Waals surface area contributed by atoms with Crippen LogP contribution in [0.3, 0.4) is 0 Å². The summed E-state index contributed by atoms with van der Waals surface area (Å²) in [6.07, 6.45) is 0.768. The van der Waals surface area contributed by atoms with E-state index in [1.54, 1.807) is 7.11 Å². The molecular formula is C17H19N3O. The van der Waals surface area contributed by atoms with Crippen molar-refractivity contribution in [3.05, 3.63) is 59.9 Å². The zero-order valence-corrected chi connectivity index (χ0v) is 12.1. The highest BCUT2D eigenvalue weighted by atomic mass is 16.5. The predicted molar refractivity (Wildman–Crippen MR) is 84.6 cm³/mol. The summed E-state index contributed by atoms with van der Waals surface area (Å²) >= 11 is 0. The Bertz CT molecular complexity index is 749. The van der Waals surface area contributed by atoms with E-state index in [4.69, 9.17) is 15.5 Å². The van der Waals surface area contributed by atoms with Crippen molar-refractivity contribution in [2.45, 2.75) is 13.0 Å². The lowest BCUT2D eigenvalue weighted by molar-refractivity contribution is 0.408. The van der Waals surface area contributed by atoms with Crippen LogP contribution >= 0.6 is 0 Å². The largest absolute Gasteiger partial charge is 0.496 e. The highest BCUT2D eigenvalue weighted by Gasteiger charge is 2.12. The Kier molecular flexibility index (Phi) is 3.88. The van der Waals surface area contributed by atoms with Crippen LogP contribution in [-0.4, -0.2) is 23.2 Å². The van der Waals surface area contributed by atoms with Gasteiger partial charge >= 0.3 is 0 Å². The van der Waals surface area contributed by atoms with Gasteiger partial charge in [-0.1, -0.05) is 30.3 Å². The number of hydrogen-bond donors (Lipinski definition) is 1. The lowest BCUT2D eigenvalue weighted by atomic mass is 10.2. The molecule has 0 atom stereocenters. The van der Waals surface area contributed by atoms with E-state index in [9.17, 15) is 0 Å². The van der Waals surface area contributed by atoms with E-state index in [0.29, 0.717) is 6.54 Å². The van der Waals surface area contributed by atoms with Gasteiger partial charge in [-0.2, -0.15) is 0 Å². The molecule has 0 fully saturated rings. The number of nitrogens with zero attached hydrogens (tertiary/aromatic N) is 2. The molecule has 0 unspecified atom stereocenters. The molecule has 4 nitrogen and oxygen atoms in total. The summed E-state index contributed by atoms with van der Waals surface area (Å²) in [4.78, 5) is 4.70. The molecule has 4 heteroatoms. The smallest absolute Gasteiger partial charge is 0.123 e. The maximum Gasteiger partial charge on any atom is 0.123 e. The minimum Gasteiger partial charge on any atom is -0.496 e. The molecule has 1 aromatic heterocycles. The van der Waals surface area contributed by atoms with Crippen LogP contribution in [0.25, 0.3) is 11.0 Å². The molecule has 108 valence electrons. The van der Waals surface area contributed by atoms with Crippen LogP contribution in [0.1, 0.15) is 11.4 Å². The van der Waals surface area contributed by atoms with Gasteiger partial charge in [0.25, 0.3) is 0 Å². The lowest BCUT2D eigenvalue weighted by Crippen LogP contribution is -2.11. The van der Waals surface area contributed by atoms with Crippen LogP contribution < -0.4 is 10.5 Å². The van der Waals surface area contributed by atoms with Gasteiger partial charge in [-0.3, -0.25) is 0 Å². The third-order valence-electron chi connectivity index (χ3n) is 3.62. The van der Waals surface area contributed by atoms with Gasteiger partial charge in [0, 0.05) is 12.0 Å². The standard InChI is InChI=1S/C17H19N3O/c1-21-16-9-5-2-6-13(16)12-20-15-8-4-3-7-14(15)19-17(20)10-11-18/h2-9H,10-12,18H2,1H3. The van der Waals surface area contributed by atoms with Crippen molar-refractivity contribution in [2.24, 2.45) is 5.73 Å². The SMILES string of the molecule is COc1ccccc1Cn1c(CCN)nc2ccccc21. The molecule has 0 spiro atoms. The molecule has 0 saturated carbocycles. The van der Waals surface area contributed by atoms with Crippen molar-refractivity contribution < 1.29 is 4.74 Å². The first-order chi connectivity index (χ1) is 10.3. The molecule has 2 aromatic carbocycles. The molecule has 0 bridgehead atoms. The highest BCUT2D eigenvalue weighted by Crippen LogP contribution is 2.23. The molecule has 1 heterocycles. The maximum absolute atomic E-state index is 5.72. The van der Waals surface area contributed by atoms with E-state index in [0.717, 1.165) is 41.1 Å². The van der Waals surface area contributed by atoms with Gasteiger partial charge in [0.05, 0.1) is 24.7 Å². The quantitative estimate of drug-likeness (QED) is 0.782. The molecule has 2 N–H and O–H groups in total. The number of ether oxygens (including phenoxy) is 1. The van der Waals surface area contributed by atoms with Gasteiger partial charge in [-0.15, -0.1) is 0 Å². The first kappa shape index (κ1) is 13.6. The number of aromatic nitrogens is 2. The molecule has 0 radical (unpaired) electrons. The molecule has 3 aromatic rings. The summed E-state index contributed by atoms with van der Waals surface area (Å²) < 4.78 is 7.67. The Morgan fingerprint density at radius 1 is 1.10 bits per heavy atom. The zero-order chi connectivity index (χ0) is 14.7. The molecule has 0 aliphatic heterocycles. The van der Waals surface area contributed by atoms with Crippen LogP contribution in [0.15, 0.2) is 48.5 Å². The Morgan fingerprint density at radius 2 is 1.86 bits per heavy atom. The average molecular weight is 281 g/mol. The van der Waals surface area contributed by atoms with Crippen LogP contribution in [0, 0.1) is 0 Å². The normalized spacial score (nSPS) is 11.0. The van der Waals surface area contributed by atoms with E-state index in [1.165, 1.54) is 0 Å². The summed E-state index contributed by atoms with van der Waals surface area (Å²) in [6, 6.07) is 16.3. The number of hydrogen-bond acceptors (Lipinski definition) is 3. The third kappa shape index (κ3) is 2.62. The maximum atomic E-state index is 5.72. The molecule has 21 heavy (non-hydrogen) atoms. The van der Waals surface area contributed by atoms with Crippen LogP contribution in [0.5, 0.6) is 5.75 Å². The molecular weight excluding hydrogens is 262 g/mol. The van der Waals surface area contributed by atoms with Crippen molar-refractivity contribution in [3.8, 4) is 5.75 Å². The van der Waals surface area contributed by atoms with Gasteiger partial charge in [0.1, 0.15) is 11.6 Å². The summed E-state index contributed by atoms with van der Waals surface area (Å²) in [5.74, 6) is 1.92. The van der Waals surface area contributed by atoms with Crippen LogP contribution in [0.2, 0.25) is 0 Å².